The first-order chi connectivity index (χ1) is 2.56. The zero-order chi connectivity index (χ0) is 5.21. The monoisotopic (exact) mass is 96.0 g/mol. The molecule has 0 atom stereocenters. The molecule has 35 valence electrons. The predicted molar refractivity (Wildman–Crippen MR) is 13.8 cm³/mol. The molecule has 0 aromatic heterocycles. The molecule has 0 aliphatic heterocycles. The van der Waals surface area contributed by atoms with E-state index in [2.05, 4.69) is 0 Å². The Morgan fingerprint density at radius 3 is 1.50 bits per heavy atom. The molecule has 1 nitrogen and oxygen atoms in total. The van der Waals surface area contributed by atoms with Crippen LogP contribution in [0.25, 0.3) is 0 Å². The first-order valence-corrected chi connectivity index (χ1v) is 1.07. The second kappa shape index (κ2) is 1.28. The van der Waals surface area contributed by atoms with E-state index in [1.807, 2.05) is 0 Å². The lowest BCUT2D eigenvalue weighted by molar-refractivity contribution is -0.0542. The van der Waals surface area contributed by atoms with Gasteiger partial charge in [0.25, 0.3) is 0 Å². The zero-order valence-corrected chi connectivity index (χ0v) is 2.63. The Morgan fingerprint density at radius 1 is 1.33 bits per heavy atom. The molecule has 0 heterocycles. The maximum absolute atomic E-state index is 10.5. The summed E-state index contributed by atoms with van der Waals surface area (Å²) in [7, 11) is 0. The molecular formula is C2HF3N. The molecule has 1 radical (unpaired) electrons. The van der Waals surface area contributed by atoms with Crippen molar-refractivity contribution in [3.05, 3.63) is 0 Å². The highest BCUT2D eigenvalue weighted by Crippen LogP contribution is 2.08. The highest BCUT2D eigenvalue weighted by Gasteiger charge is 2.23. The van der Waals surface area contributed by atoms with Gasteiger partial charge in [-0.15, -0.1) is 0 Å². The molecule has 4 heteroatoms. The van der Waals surface area contributed by atoms with Crippen molar-refractivity contribution in [3.8, 4) is 0 Å². The van der Waals surface area contributed by atoms with Crippen LogP contribution in [0.1, 0.15) is 0 Å². The van der Waals surface area contributed by atoms with Gasteiger partial charge >= 0.3 is 6.18 Å². The highest BCUT2D eigenvalue weighted by molar-refractivity contribution is 5.59. The van der Waals surface area contributed by atoms with E-state index in [9.17, 15) is 13.2 Å². The Labute approximate surface area is 32.3 Å². The van der Waals surface area contributed by atoms with Gasteiger partial charge in [0.15, 0.2) is 6.21 Å². The predicted octanol–water partition coefficient (Wildman–Crippen LogP) is 1.08. The Kier molecular flexibility index (Phi) is 1.16. The van der Waals surface area contributed by atoms with Crippen molar-refractivity contribution in [2.24, 2.45) is 0 Å². The van der Waals surface area contributed by atoms with Gasteiger partial charge in [-0.3, -0.25) is 5.41 Å². The van der Waals surface area contributed by atoms with Gasteiger partial charge in [0.2, 0.25) is 0 Å². The summed E-state index contributed by atoms with van der Waals surface area (Å²) in [5.74, 6) is 0. The van der Waals surface area contributed by atoms with Gasteiger partial charge in [0.1, 0.15) is 0 Å². The molecule has 1 N–H and O–H groups in total. The highest BCUT2D eigenvalue weighted by atomic mass is 19.4. The van der Waals surface area contributed by atoms with Crippen molar-refractivity contribution in [2.75, 3.05) is 0 Å². The lowest BCUT2D eigenvalue weighted by Gasteiger charge is -1.88. The number of rotatable bonds is 0. The molecule has 0 aliphatic rings. The Morgan fingerprint density at radius 2 is 1.50 bits per heavy atom. The van der Waals surface area contributed by atoms with Gasteiger partial charge in [-0.25, -0.2) is 0 Å². The fourth-order valence-electron chi connectivity index (χ4n) is 0. The Bertz CT molecular complexity index is 54.3. The van der Waals surface area contributed by atoms with Crippen LogP contribution in [0.2, 0.25) is 0 Å². The summed E-state index contributed by atoms with van der Waals surface area (Å²) in [5, 5.41) is 5.48. The van der Waals surface area contributed by atoms with E-state index in [4.69, 9.17) is 5.41 Å². The van der Waals surface area contributed by atoms with Crippen molar-refractivity contribution in [3.63, 3.8) is 0 Å². The molecule has 6 heavy (non-hydrogen) atoms. The zero-order valence-electron chi connectivity index (χ0n) is 2.63. The van der Waals surface area contributed by atoms with Gasteiger partial charge in [-0.1, -0.05) is 0 Å². The van der Waals surface area contributed by atoms with E-state index < -0.39 is 6.18 Å². The van der Waals surface area contributed by atoms with E-state index in [0.717, 1.165) is 0 Å². The summed E-state index contributed by atoms with van der Waals surface area (Å²) in [6.45, 7) is 0. The van der Waals surface area contributed by atoms with Crippen LogP contribution >= 0.6 is 0 Å². The Hall–Kier alpha value is -0.540. The average molecular weight is 96.0 g/mol. The first kappa shape index (κ1) is 5.46. The molecule has 0 spiro atoms. The minimum absolute atomic E-state index is 0.354. The summed E-state index contributed by atoms with van der Waals surface area (Å²) in [5.41, 5.74) is 0. The number of alkyl halides is 3. The fourth-order valence-corrected chi connectivity index (χ4v) is 0. The van der Waals surface area contributed by atoms with Crippen molar-refractivity contribution in [1.82, 2.24) is 0 Å². The maximum Gasteiger partial charge on any atom is 0.434 e. The lowest BCUT2D eigenvalue weighted by atomic mass is 10.7. The molecule has 0 saturated heterocycles. The largest absolute Gasteiger partial charge is 0.434 e. The summed E-state index contributed by atoms with van der Waals surface area (Å²) in [4.78, 5) is 0. The van der Waals surface area contributed by atoms with Gasteiger partial charge in [-0.2, -0.15) is 13.2 Å². The minimum Gasteiger partial charge on any atom is -0.295 e. The third kappa shape index (κ3) is 3.46. The van der Waals surface area contributed by atoms with Crippen molar-refractivity contribution in [2.45, 2.75) is 6.18 Å². The second-order valence-corrected chi connectivity index (χ2v) is 0.623. The number of hydrogen-bond donors (Lipinski definition) is 1. The molecule has 0 aliphatic carbocycles. The molecule has 0 amide bonds. The molecule has 0 bridgehead atoms. The first-order valence-electron chi connectivity index (χ1n) is 1.07. The Balaban J connectivity index is 3.45. The van der Waals surface area contributed by atoms with Gasteiger partial charge < -0.3 is 0 Å². The summed E-state index contributed by atoms with van der Waals surface area (Å²) in [6.07, 6.45) is -4.19. The van der Waals surface area contributed by atoms with Crippen LogP contribution in [0.3, 0.4) is 0 Å². The summed E-state index contributed by atoms with van der Waals surface area (Å²) >= 11 is 0. The van der Waals surface area contributed by atoms with Gasteiger partial charge in [-0.05, 0) is 0 Å². The van der Waals surface area contributed by atoms with Crippen LogP contribution in [-0.4, -0.2) is 12.4 Å². The van der Waals surface area contributed by atoms with Crippen LogP contribution in [0.5, 0.6) is 0 Å². The minimum atomic E-state index is -4.54. The maximum atomic E-state index is 10.5. The number of hydrogen-bond acceptors (Lipinski definition) is 1. The van der Waals surface area contributed by atoms with Crippen molar-refractivity contribution >= 4 is 6.21 Å². The third-order valence-electron chi connectivity index (χ3n) is 0.142. The smallest absolute Gasteiger partial charge is 0.295 e. The topological polar surface area (TPSA) is 23.9 Å². The normalized spacial score (nSPS) is 11.2. The molecule has 0 aromatic rings. The third-order valence-corrected chi connectivity index (χ3v) is 0.142. The van der Waals surface area contributed by atoms with E-state index in [1.54, 1.807) is 0 Å². The molecule has 0 saturated carbocycles. The number of nitrogens with one attached hydrogen (secondary N) is 1. The van der Waals surface area contributed by atoms with Crippen LogP contribution in [0, 0.1) is 5.41 Å². The summed E-state index contributed by atoms with van der Waals surface area (Å²) in [6, 6.07) is 0. The van der Waals surface area contributed by atoms with Crippen LogP contribution < -0.4 is 0 Å². The molecule has 0 unspecified atom stereocenters. The van der Waals surface area contributed by atoms with Crippen molar-refractivity contribution in [1.29, 1.82) is 5.41 Å². The fraction of sp³-hybridized carbons (Fsp3) is 0.500. The van der Waals surface area contributed by atoms with E-state index in [-0.39, 0.29) is 0 Å². The molecular weight excluding hydrogens is 95.0 g/mol. The SMILES string of the molecule is N=[C]C(F)(F)F. The number of halogens is 3. The molecule has 0 fully saturated rings. The van der Waals surface area contributed by atoms with E-state index in [1.165, 1.54) is 0 Å². The second-order valence-electron chi connectivity index (χ2n) is 0.623. The molecule has 0 rings (SSSR count). The van der Waals surface area contributed by atoms with Crippen LogP contribution in [-0.2, 0) is 0 Å². The van der Waals surface area contributed by atoms with Crippen molar-refractivity contribution < 1.29 is 13.2 Å². The average Bonchev–Trinajstić information content (AvgIpc) is 1.35. The summed E-state index contributed by atoms with van der Waals surface area (Å²) < 4.78 is 31.5. The standard InChI is InChI=1S/C2HF3N/c3-2(4,5)1-6/h6H. The van der Waals surface area contributed by atoms with Crippen LogP contribution in [0.4, 0.5) is 13.2 Å². The van der Waals surface area contributed by atoms with E-state index >= 15 is 0 Å². The van der Waals surface area contributed by atoms with Gasteiger partial charge in [0, 0.05) is 0 Å². The molecule has 0 aromatic carbocycles. The van der Waals surface area contributed by atoms with Gasteiger partial charge in [0.05, 0.1) is 0 Å². The lowest BCUT2D eigenvalue weighted by Crippen LogP contribution is -2.06. The van der Waals surface area contributed by atoms with E-state index in [0.29, 0.717) is 6.21 Å². The quantitative estimate of drug-likeness (QED) is 0.436. The van der Waals surface area contributed by atoms with Crippen LogP contribution in [0.15, 0.2) is 0 Å².